The number of hydrogen-bond donors (Lipinski definition) is 1. The van der Waals surface area contributed by atoms with Crippen molar-refractivity contribution in [1.29, 1.82) is 0 Å². The molecule has 0 atom stereocenters. The van der Waals surface area contributed by atoms with Crippen LogP contribution < -0.4 is 4.65 Å². The summed E-state index contributed by atoms with van der Waals surface area (Å²) >= 11 is 0. The van der Waals surface area contributed by atoms with Crippen LogP contribution in [0, 0.1) is 0 Å². The summed E-state index contributed by atoms with van der Waals surface area (Å²) < 4.78 is 11.6. The number of para-hydroxylation sites is 1. The van der Waals surface area contributed by atoms with Crippen LogP contribution in [0.3, 0.4) is 0 Å². The maximum Gasteiger partial charge on any atom is 0.569 e. The van der Waals surface area contributed by atoms with E-state index in [-0.39, 0.29) is 0 Å². The number of rotatable bonds is 4. The zero-order valence-corrected chi connectivity index (χ0v) is 19.1. The molecule has 7 aromatic rings. The molecule has 2 heterocycles. The van der Waals surface area contributed by atoms with Crippen molar-refractivity contribution in [2.75, 3.05) is 0 Å². The van der Waals surface area contributed by atoms with E-state index in [1.165, 1.54) is 5.39 Å². The van der Waals surface area contributed by atoms with E-state index < -0.39 is 0 Å². The lowest BCUT2D eigenvalue weighted by Crippen LogP contribution is -1.99. The molecule has 0 saturated carbocycles. The van der Waals surface area contributed by atoms with Crippen LogP contribution in [0.5, 0.6) is 5.75 Å². The summed E-state index contributed by atoms with van der Waals surface area (Å²) in [6.45, 7) is 0. The second-order valence-electron chi connectivity index (χ2n) is 8.59. The molecule has 6 heteroatoms. The first kappa shape index (κ1) is 20.7. The molecule has 0 spiro atoms. The predicted molar refractivity (Wildman–Crippen MR) is 144 cm³/mol. The van der Waals surface area contributed by atoms with Crippen molar-refractivity contribution in [3.8, 4) is 28.4 Å². The van der Waals surface area contributed by atoms with Gasteiger partial charge in [0.15, 0.2) is 11.4 Å². The van der Waals surface area contributed by atoms with Gasteiger partial charge in [0.2, 0.25) is 5.71 Å². The minimum atomic E-state index is 0.407. The molecule has 169 valence electrons. The largest absolute Gasteiger partial charge is 0.569 e. The average molecular weight is 465 g/mol. The molecule has 0 saturated heterocycles. The van der Waals surface area contributed by atoms with Crippen LogP contribution in [0.15, 0.2) is 108 Å². The van der Waals surface area contributed by atoms with Crippen molar-refractivity contribution in [3.63, 3.8) is 0 Å². The van der Waals surface area contributed by atoms with E-state index in [1.54, 1.807) is 6.07 Å². The van der Waals surface area contributed by atoms with Crippen molar-refractivity contribution >= 4 is 51.3 Å². The number of nitrogens with zero attached hydrogens (tertiary/aromatic N) is 2. The van der Waals surface area contributed by atoms with Gasteiger partial charge in [0.25, 0.3) is 0 Å². The van der Waals surface area contributed by atoms with Gasteiger partial charge in [-0.05, 0) is 33.7 Å². The summed E-state index contributed by atoms with van der Waals surface area (Å²) in [5, 5.41) is 15.4. The highest BCUT2D eigenvalue weighted by atomic mass is 16.5. The van der Waals surface area contributed by atoms with Crippen molar-refractivity contribution in [2.45, 2.75) is 0 Å². The van der Waals surface area contributed by atoms with Crippen molar-refractivity contribution in [3.05, 3.63) is 103 Å². The molecule has 0 aliphatic rings. The summed E-state index contributed by atoms with van der Waals surface area (Å²) in [6.07, 6.45) is 0. The van der Waals surface area contributed by atoms with Crippen LogP contribution in [0.2, 0.25) is 0 Å². The number of hydrogen-bond acceptors (Lipinski definition) is 5. The Morgan fingerprint density at radius 1 is 0.694 bits per heavy atom. The first-order chi connectivity index (χ1) is 17.8. The van der Waals surface area contributed by atoms with Crippen molar-refractivity contribution in [2.24, 2.45) is 0 Å². The van der Waals surface area contributed by atoms with Gasteiger partial charge in [-0.15, -0.1) is 0 Å². The molecule has 2 aromatic heterocycles. The molecule has 5 aromatic carbocycles. The lowest BCUT2D eigenvalue weighted by molar-refractivity contribution is 0.451. The van der Waals surface area contributed by atoms with E-state index in [1.807, 2.05) is 54.6 Å². The van der Waals surface area contributed by atoms with Crippen LogP contribution in [-0.2, 0) is 0 Å². The van der Waals surface area contributed by atoms with Gasteiger partial charge in [0, 0.05) is 16.5 Å². The molecular formula is C30H18BN2O3. The van der Waals surface area contributed by atoms with Crippen LogP contribution >= 0.6 is 0 Å². The van der Waals surface area contributed by atoms with Gasteiger partial charge in [-0.25, -0.2) is 4.98 Å². The monoisotopic (exact) mass is 465 g/mol. The summed E-state index contributed by atoms with van der Waals surface area (Å²) in [6, 6.07) is 34.4. The van der Waals surface area contributed by atoms with Crippen LogP contribution in [0.1, 0.15) is 0 Å². The van der Waals surface area contributed by atoms with E-state index >= 15 is 0 Å². The average Bonchev–Trinajstić information content (AvgIpc) is 3.32. The molecule has 0 aliphatic heterocycles. The Balaban J connectivity index is 1.60. The summed E-state index contributed by atoms with van der Waals surface area (Å²) in [4.78, 5) is 10.0. The Kier molecular flexibility index (Phi) is 4.72. The topological polar surface area (TPSA) is 68.4 Å². The van der Waals surface area contributed by atoms with Crippen molar-refractivity contribution in [1.82, 2.24) is 9.97 Å². The number of benzene rings is 5. The zero-order valence-electron chi connectivity index (χ0n) is 19.1. The minimum Gasteiger partial charge on any atom is -0.535 e. The molecule has 0 fully saturated rings. The molecule has 5 nitrogen and oxygen atoms in total. The highest BCUT2D eigenvalue weighted by Crippen LogP contribution is 2.41. The van der Waals surface area contributed by atoms with E-state index in [4.69, 9.17) is 19.0 Å². The molecule has 0 bridgehead atoms. The van der Waals surface area contributed by atoms with E-state index in [9.17, 15) is 5.02 Å². The van der Waals surface area contributed by atoms with E-state index in [0.29, 0.717) is 30.6 Å². The Labute approximate surface area is 206 Å². The first-order valence-corrected chi connectivity index (χ1v) is 11.6. The number of aromatic nitrogens is 2. The fourth-order valence-corrected chi connectivity index (χ4v) is 4.99. The molecule has 7 rings (SSSR count). The van der Waals surface area contributed by atoms with Crippen LogP contribution in [0.25, 0.3) is 66.3 Å². The highest BCUT2D eigenvalue weighted by Gasteiger charge is 2.21. The molecule has 36 heavy (non-hydrogen) atoms. The lowest BCUT2D eigenvalue weighted by atomic mass is 9.96. The number of furan rings is 1. The second kappa shape index (κ2) is 8.22. The van der Waals surface area contributed by atoms with Gasteiger partial charge in [-0.1, -0.05) is 91.0 Å². The van der Waals surface area contributed by atoms with Crippen molar-refractivity contribution < 1.29 is 14.1 Å². The van der Waals surface area contributed by atoms with Crippen LogP contribution in [0.4, 0.5) is 0 Å². The minimum absolute atomic E-state index is 0.407. The van der Waals surface area contributed by atoms with Gasteiger partial charge >= 0.3 is 7.69 Å². The summed E-state index contributed by atoms with van der Waals surface area (Å²) in [5.41, 5.74) is 3.63. The Bertz CT molecular complexity index is 1920. The smallest absolute Gasteiger partial charge is 0.535 e. The zero-order chi connectivity index (χ0) is 24.1. The highest BCUT2D eigenvalue weighted by molar-refractivity contribution is 6.19. The summed E-state index contributed by atoms with van der Waals surface area (Å²) in [7, 11) is 0.651. The third-order valence-corrected chi connectivity index (χ3v) is 6.56. The number of fused-ring (bicyclic) bond motifs is 6. The lowest BCUT2D eigenvalue weighted by Gasteiger charge is -2.11. The third kappa shape index (κ3) is 3.16. The molecule has 1 N–H and O–H groups in total. The SMILES string of the molecule is O[B]Oc1cccc2c1oc1nc(-c3cc4ccccc4c4ccccc34)nc(-c3ccccc3)c12. The van der Waals surface area contributed by atoms with Gasteiger partial charge in [-0.2, -0.15) is 4.98 Å². The van der Waals surface area contributed by atoms with Gasteiger partial charge < -0.3 is 14.1 Å². The normalized spacial score (nSPS) is 11.5. The summed E-state index contributed by atoms with van der Waals surface area (Å²) in [5.74, 6) is 0.989. The van der Waals surface area contributed by atoms with Gasteiger partial charge in [0.05, 0.1) is 11.1 Å². The molecule has 1 radical (unpaired) electrons. The molecule has 0 aliphatic carbocycles. The van der Waals surface area contributed by atoms with Crippen LogP contribution in [-0.4, -0.2) is 22.7 Å². The Hall–Kier alpha value is -4.68. The maximum absolute atomic E-state index is 9.25. The Morgan fingerprint density at radius 2 is 1.42 bits per heavy atom. The van der Waals surface area contributed by atoms with E-state index in [0.717, 1.165) is 43.8 Å². The Morgan fingerprint density at radius 3 is 2.25 bits per heavy atom. The van der Waals surface area contributed by atoms with Gasteiger partial charge in [-0.3, -0.25) is 0 Å². The fraction of sp³-hybridized carbons (Fsp3) is 0. The molecule has 0 amide bonds. The predicted octanol–water partition coefficient (Wildman–Crippen LogP) is 6.92. The first-order valence-electron chi connectivity index (χ1n) is 11.6. The third-order valence-electron chi connectivity index (χ3n) is 6.56. The maximum atomic E-state index is 9.25. The molecular weight excluding hydrogens is 447 g/mol. The standard InChI is InChI=1S/C30H18BN2O3/c34-31-36-25-16-8-15-23-26-27(18-9-2-1-3-10-18)32-29(33-30(26)35-28(23)25)24-17-19-11-4-5-12-20(19)21-13-6-7-14-22(21)24/h1-17,34H. The van der Waals surface area contributed by atoms with Gasteiger partial charge in [0.1, 0.15) is 5.75 Å². The van der Waals surface area contributed by atoms with E-state index in [2.05, 4.69) is 42.5 Å². The fourth-order valence-electron chi connectivity index (χ4n) is 4.99. The molecule has 0 unspecified atom stereocenters. The quantitative estimate of drug-likeness (QED) is 0.226. The second-order valence-corrected chi connectivity index (χ2v) is 8.59.